The standard InChI is InChI=1S/C19H24BrN3O3/c1-6-16(18(24)23-19(3,4)11-22-25-5)26-15-7-12(2)17-13(9-15)8-14(20)10-21-17/h7-11,16H,6H2,1-5H3,(H,23,24). The molecule has 2 aromatic rings. The van der Waals surface area contributed by atoms with Crippen molar-refractivity contribution in [3.05, 3.63) is 34.4 Å². The van der Waals surface area contributed by atoms with E-state index in [2.05, 4.69) is 36.2 Å². The Morgan fingerprint density at radius 3 is 2.81 bits per heavy atom. The summed E-state index contributed by atoms with van der Waals surface area (Å²) in [6.07, 6.45) is 3.24. The molecular formula is C19H24BrN3O3. The molecule has 0 aliphatic rings. The van der Waals surface area contributed by atoms with E-state index in [1.807, 2.05) is 45.9 Å². The number of fused-ring (bicyclic) bond motifs is 1. The van der Waals surface area contributed by atoms with E-state index in [4.69, 9.17) is 4.74 Å². The molecule has 0 spiro atoms. The van der Waals surface area contributed by atoms with Gasteiger partial charge in [0.05, 0.1) is 17.3 Å². The Bertz CT molecular complexity index is 821. The maximum Gasteiger partial charge on any atom is 0.261 e. The Balaban J connectivity index is 2.20. The highest BCUT2D eigenvalue weighted by molar-refractivity contribution is 9.10. The molecule has 2 rings (SSSR count). The lowest BCUT2D eigenvalue weighted by Crippen LogP contribution is -2.50. The molecular weight excluding hydrogens is 398 g/mol. The number of rotatable bonds is 7. The Kier molecular flexibility index (Phi) is 6.58. The van der Waals surface area contributed by atoms with Crippen LogP contribution < -0.4 is 10.1 Å². The molecule has 1 amide bonds. The van der Waals surface area contributed by atoms with E-state index in [0.717, 1.165) is 20.9 Å². The van der Waals surface area contributed by atoms with Crippen LogP contribution in [0.4, 0.5) is 0 Å². The second-order valence-corrected chi connectivity index (χ2v) is 7.52. The molecule has 1 heterocycles. The summed E-state index contributed by atoms with van der Waals surface area (Å²) in [5.41, 5.74) is 1.26. The number of carbonyl (C=O) groups is 1. The van der Waals surface area contributed by atoms with E-state index in [1.165, 1.54) is 7.11 Å². The summed E-state index contributed by atoms with van der Waals surface area (Å²) in [6.45, 7) is 7.56. The average molecular weight is 422 g/mol. The molecule has 6 nitrogen and oxygen atoms in total. The van der Waals surface area contributed by atoms with Crippen molar-refractivity contribution in [3.63, 3.8) is 0 Å². The van der Waals surface area contributed by atoms with Crippen LogP contribution in [-0.2, 0) is 9.63 Å². The largest absolute Gasteiger partial charge is 0.481 e. The van der Waals surface area contributed by atoms with E-state index in [-0.39, 0.29) is 5.91 Å². The van der Waals surface area contributed by atoms with Gasteiger partial charge in [0.15, 0.2) is 6.10 Å². The highest BCUT2D eigenvalue weighted by Crippen LogP contribution is 2.26. The fourth-order valence-electron chi connectivity index (χ4n) is 2.54. The Labute approximate surface area is 162 Å². The van der Waals surface area contributed by atoms with Crippen molar-refractivity contribution in [1.29, 1.82) is 0 Å². The molecule has 7 heteroatoms. The minimum atomic E-state index is -0.641. The van der Waals surface area contributed by atoms with Crippen LogP contribution in [0.2, 0.25) is 0 Å². The first-order valence-electron chi connectivity index (χ1n) is 8.38. The van der Waals surface area contributed by atoms with Crippen LogP contribution >= 0.6 is 15.9 Å². The van der Waals surface area contributed by atoms with E-state index < -0.39 is 11.6 Å². The number of hydrogen-bond acceptors (Lipinski definition) is 5. The Morgan fingerprint density at radius 1 is 1.42 bits per heavy atom. The van der Waals surface area contributed by atoms with E-state index in [0.29, 0.717) is 12.2 Å². The molecule has 0 saturated carbocycles. The number of carbonyl (C=O) groups excluding carboxylic acids is 1. The lowest BCUT2D eigenvalue weighted by molar-refractivity contribution is -0.129. The third-order valence-corrected chi connectivity index (χ3v) is 4.22. The topological polar surface area (TPSA) is 72.8 Å². The zero-order valence-corrected chi connectivity index (χ0v) is 17.3. The molecule has 1 atom stereocenters. The molecule has 0 aliphatic heterocycles. The van der Waals surface area contributed by atoms with Crippen LogP contribution in [-0.4, -0.2) is 35.9 Å². The van der Waals surface area contributed by atoms with Gasteiger partial charge < -0.3 is 14.9 Å². The van der Waals surface area contributed by atoms with Crippen LogP contribution in [0.5, 0.6) is 5.75 Å². The lowest BCUT2D eigenvalue weighted by Gasteiger charge is -2.25. The molecule has 26 heavy (non-hydrogen) atoms. The number of hydrogen-bond donors (Lipinski definition) is 1. The molecule has 0 aliphatic carbocycles. The number of ether oxygens (including phenoxy) is 1. The summed E-state index contributed by atoms with van der Waals surface area (Å²) in [4.78, 5) is 21.7. The van der Waals surface area contributed by atoms with Crippen LogP contribution in [0, 0.1) is 6.92 Å². The minimum Gasteiger partial charge on any atom is -0.481 e. The summed E-state index contributed by atoms with van der Waals surface area (Å²) in [5.74, 6) is 0.436. The second-order valence-electron chi connectivity index (χ2n) is 6.61. The fraction of sp³-hybridized carbons (Fsp3) is 0.421. The molecule has 1 aromatic heterocycles. The smallest absolute Gasteiger partial charge is 0.261 e. The summed E-state index contributed by atoms with van der Waals surface area (Å²) in [7, 11) is 1.46. The number of aromatic nitrogens is 1. The monoisotopic (exact) mass is 421 g/mol. The zero-order valence-electron chi connectivity index (χ0n) is 15.7. The van der Waals surface area contributed by atoms with Crippen molar-refractivity contribution < 1.29 is 14.4 Å². The number of benzene rings is 1. The number of halogens is 1. The first-order valence-corrected chi connectivity index (χ1v) is 9.17. The Morgan fingerprint density at radius 2 is 2.15 bits per heavy atom. The number of nitrogens with one attached hydrogen (secondary N) is 1. The van der Waals surface area contributed by atoms with Gasteiger partial charge >= 0.3 is 0 Å². The predicted octanol–water partition coefficient (Wildman–Crippen LogP) is 3.99. The van der Waals surface area contributed by atoms with Gasteiger partial charge in [-0.05, 0) is 66.9 Å². The summed E-state index contributed by atoms with van der Waals surface area (Å²) < 4.78 is 6.87. The maximum absolute atomic E-state index is 12.6. The molecule has 140 valence electrons. The van der Waals surface area contributed by atoms with Crippen LogP contribution in [0.1, 0.15) is 32.8 Å². The zero-order chi connectivity index (χ0) is 19.3. The van der Waals surface area contributed by atoms with Gasteiger partial charge in [0.1, 0.15) is 12.9 Å². The number of nitrogens with zero attached hydrogens (tertiary/aromatic N) is 2. The van der Waals surface area contributed by atoms with Gasteiger partial charge in [-0.25, -0.2) is 0 Å². The fourth-order valence-corrected chi connectivity index (χ4v) is 2.89. The first kappa shape index (κ1) is 20.2. The highest BCUT2D eigenvalue weighted by Gasteiger charge is 2.25. The highest BCUT2D eigenvalue weighted by atomic mass is 79.9. The van der Waals surface area contributed by atoms with Crippen molar-refractivity contribution in [1.82, 2.24) is 10.3 Å². The van der Waals surface area contributed by atoms with Crippen molar-refractivity contribution in [3.8, 4) is 5.75 Å². The first-order chi connectivity index (χ1) is 12.3. The molecule has 1 aromatic carbocycles. The normalized spacial score (nSPS) is 13.0. The number of oxime groups is 1. The van der Waals surface area contributed by atoms with Crippen molar-refractivity contribution in [2.45, 2.75) is 45.8 Å². The maximum atomic E-state index is 12.6. The van der Waals surface area contributed by atoms with Crippen LogP contribution in [0.3, 0.4) is 0 Å². The van der Waals surface area contributed by atoms with E-state index in [9.17, 15) is 4.79 Å². The van der Waals surface area contributed by atoms with E-state index >= 15 is 0 Å². The third kappa shape index (κ3) is 5.17. The minimum absolute atomic E-state index is 0.204. The summed E-state index contributed by atoms with van der Waals surface area (Å²) >= 11 is 3.43. The SMILES string of the molecule is CCC(Oc1cc(C)c2ncc(Br)cc2c1)C(=O)NC(C)(C)C=NOC. The number of amides is 1. The number of pyridine rings is 1. The number of aryl methyl sites for hydroxylation is 1. The van der Waals surface area contributed by atoms with Gasteiger partial charge in [-0.3, -0.25) is 9.78 Å². The van der Waals surface area contributed by atoms with Gasteiger partial charge in [-0.15, -0.1) is 0 Å². The van der Waals surface area contributed by atoms with E-state index in [1.54, 1.807) is 12.4 Å². The van der Waals surface area contributed by atoms with Crippen LogP contribution in [0.25, 0.3) is 10.9 Å². The summed E-state index contributed by atoms with van der Waals surface area (Å²) in [5, 5.41) is 7.59. The van der Waals surface area contributed by atoms with Crippen molar-refractivity contribution in [2.75, 3.05) is 7.11 Å². The molecule has 0 fully saturated rings. The van der Waals surface area contributed by atoms with Gasteiger partial charge in [-0.1, -0.05) is 12.1 Å². The van der Waals surface area contributed by atoms with Crippen molar-refractivity contribution >= 4 is 39.0 Å². The van der Waals surface area contributed by atoms with Crippen molar-refractivity contribution in [2.24, 2.45) is 5.16 Å². The molecule has 0 radical (unpaired) electrons. The second kappa shape index (κ2) is 8.49. The average Bonchev–Trinajstić information content (AvgIpc) is 2.57. The van der Waals surface area contributed by atoms with Gasteiger partial charge in [0.2, 0.25) is 0 Å². The van der Waals surface area contributed by atoms with Gasteiger partial charge in [0.25, 0.3) is 5.91 Å². The molecule has 1 N–H and O–H groups in total. The third-order valence-electron chi connectivity index (χ3n) is 3.78. The van der Waals surface area contributed by atoms with Gasteiger partial charge in [0, 0.05) is 16.1 Å². The molecule has 1 unspecified atom stereocenters. The quantitative estimate of drug-likeness (QED) is 0.541. The molecule has 0 bridgehead atoms. The predicted molar refractivity (Wildman–Crippen MR) is 107 cm³/mol. The van der Waals surface area contributed by atoms with Crippen LogP contribution in [0.15, 0.2) is 34.0 Å². The summed E-state index contributed by atoms with van der Waals surface area (Å²) in [6, 6.07) is 5.78. The Hall–Kier alpha value is -2.15. The van der Waals surface area contributed by atoms with Gasteiger partial charge in [-0.2, -0.15) is 0 Å². The molecule has 0 saturated heterocycles. The lowest BCUT2D eigenvalue weighted by atomic mass is 10.1.